The van der Waals surface area contributed by atoms with Crippen molar-refractivity contribution in [3.8, 4) is 5.75 Å². The number of rotatable bonds is 5. The molecule has 0 aliphatic rings. The molecule has 0 unspecified atom stereocenters. The molecule has 0 saturated carbocycles. The van der Waals surface area contributed by atoms with Gasteiger partial charge in [-0.05, 0) is 59.0 Å². The summed E-state index contributed by atoms with van der Waals surface area (Å²) in [6.45, 7) is 0. The van der Waals surface area contributed by atoms with Gasteiger partial charge in [0.1, 0.15) is 11.6 Å². The molecule has 0 radical (unpaired) electrons. The fourth-order valence-electron chi connectivity index (χ4n) is 2.37. The van der Waals surface area contributed by atoms with E-state index in [0.717, 1.165) is 3.57 Å². The SMILES string of the molecule is COc1ccccc1NC(=O)c1ccncc1Nc1ccc(I)cc1F. The van der Waals surface area contributed by atoms with Crippen molar-refractivity contribution in [2.75, 3.05) is 17.7 Å². The normalized spacial score (nSPS) is 10.3. The molecule has 0 spiro atoms. The van der Waals surface area contributed by atoms with Gasteiger partial charge in [-0.3, -0.25) is 9.78 Å². The number of anilines is 3. The van der Waals surface area contributed by atoms with Crippen LogP contribution in [0.1, 0.15) is 10.4 Å². The molecule has 5 nitrogen and oxygen atoms in total. The van der Waals surface area contributed by atoms with E-state index in [2.05, 4.69) is 15.6 Å². The highest BCUT2D eigenvalue weighted by Gasteiger charge is 2.15. The van der Waals surface area contributed by atoms with E-state index in [9.17, 15) is 9.18 Å². The van der Waals surface area contributed by atoms with Gasteiger partial charge in [0.25, 0.3) is 5.91 Å². The second kappa shape index (κ2) is 8.13. The number of aromatic nitrogens is 1. The van der Waals surface area contributed by atoms with E-state index in [1.807, 2.05) is 28.7 Å². The second-order valence-corrected chi connectivity index (χ2v) is 6.57. The first-order valence-electron chi connectivity index (χ1n) is 7.69. The Morgan fingerprint density at radius 3 is 2.69 bits per heavy atom. The summed E-state index contributed by atoms with van der Waals surface area (Å²) in [6, 6.07) is 13.5. The van der Waals surface area contributed by atoms with Crippen molar-refractivity contribution in [3.63, 3.8) is 0 Å². The fraction of sp³-hybridized carbons (Fsp3) is 0.0526. The number of hydrogen-bond acceptors (Lipinski definition) is 4. The van der Waals surface area contributed by atoms with E-state index in [1.165, 1.54) is 25.6 Å². The van der Waals surface area contributed by atoms with Crippen LogP contribution in [0.5, 0.6) is 5.75 Å². The maximum absolute atomic E-state index is 14.1. The quantitative estimate of drug-likeness (QED) is 0.533. The van der Waals surface area contributed by atoms with E-state index >= 15 is 0 Å². The molecule has 1 amide bonds. The summed E-state index contributed by atoms with van der Waals surface area (Å²) in [5.74, 6) is -0.213. The molecule has 26 heavy (non-hydrogen) atoms. The van der Waals surface area contributed by atoms with Crippen molar-refractivity contribution >= 4 is 45.6 Å². The van der Waals surface area contributed by atoms with Crippen LogP contribution in [0.15, 0.2) is 60.9 Å². The maximum Gasteiger partial charge on any atom is 0.257 e. The zero-order chi connectivity index (χ0) is 18.5. The van der Waals surface area contributed by atoms with Gasteiger partial charge in [-0.1, -0.05) is 12.1 Å². The van der Waals surface area contributed by atoms with Crippen molar-refractivity contribution in [2.45, 2.75) is 0 Å². The Morgan fingerprint density at radius 2 is 1.92 bits per heavy atom. The van der Waals surface area contributed by atoms with Crippen molar-refractivity contribution in [2.24, 2.45) is 0 Å². The zero-order valence-corrected chi connectivity index (χ0v) is 16.0. The van der Waals surface area contributed by atoms with Gasteiger partial charge < -0.3 is 15.4 Å². The summed E-state index contributed by atoms with van der Waals surface area (Å²) in [4.78, 5) is 16.7. The third kappa shape index (κ3) is 4.10. The van der Waals surface area contributed by atoms with Crippen LogP contribution in [0.2, 0.25) is 0 Å². The van der Waals surface area contributed by atoms with E-state index in [0.29, 0.717) is 22.7 Å². The van der Waals surface area contributed by atoms with Gasteiger partial charge in [0, 0.05) is 9.77 Å². The molecule has 2 N–H and O–H groups in total. The predicted octanol–water partition coefficient (Wildman–Crippen LogP) is 4.83. The molecule has 0 aliphatic carbocycles. The van der Waals surface area contributed by atoms with E-state index in [4.69, 9.17) is 4.74 Å². The summed E-state index contributed by atoms with van der Waals surface area (Å²) in [5.41, 5.74) is 1.55. The number of pyridine rings is 1. The number of hydrogen-bond donors (Lipinski definition) is 2. The molecule has 132 valence electrons. The Labute approximate surface area is 163 Å². The van der Waals surface area contributed by atoms with Crippen molar-refractivity contribution < 1.29 is 13.9 Å². The number of carbonyl (C=O) groups excluding carboxylic acids is 1. The van der Waals surface area contributed by atoms with E-state index in [1.54, 1.807) is 36.4 Å². The highest BCUT2D eigenvalue weighted by molar-refractivity contribution is 14.1. The Balaban J connectivity index is 1.88. The Bertz CT molecular complexity index is 950. The van der Waals surface area contributed by atoms with Crippen LogP contribution in [0.4, 0.5) is 21.5 Å². The molecule has 0 saturated heterocycles. The topological polar surface area (TPSA) is 63.2 Å². The predicted molar refractivity (Wildman–Crippen MR) is 108 cm³/mol. The minimum atomic E-state index is -0.406. The highest BCUT2D eigenvalue weighted by Crippen LogP contribution is 2.27. The first kappa shape index (κ1) is 18.1. The third-order valence-corrected chi connectivity index (χ3v) is 4.29. The highest BCUT2D eigenvalue weighted by atomic mass is 127. The van der Waals surface area contributed by atoms with Gasteiger partial charge in [-0.15, -0.1) is 0 Å². The summed E-state index contributed by atoms with van der Waals surface area (Å²) >= 11 is 2.03. The van der Waals surface area contributed by atoms with Crippen molar-refractivity contribution in [1.29, 1.82) is 0 Å². The molecule has 0 fully saturated rings. The summed E-state index contributed by atoms with van der Waals surface area (Å²) in [6.07, 6.45) is 2.99. The molecule has 1 aromatic heterocycles. The molecular weight excluding hydrogens is 448 g/mol. The average Bonchev–Trinajstić information content (AvgIpc) is 2.65. The van der Waals surface area contributed by atoms with E-state index < -0.39 is 5.82 Å². The van der Waals surface area contributed by atoms with Gasteiger partial charge in [-0.25, -0.2) is 4.39 Å². The average molecular weight is 463 g/mol. The van der Waals surface area contributed by atoms with Crippen LogP contribution in [0.3, 0.4) is 0 Å². The molecule has 7 heteroatoms. The summed E-state index contributed by atoms with van der Waals surface area (Å²) in [7, 11) is 1.53. The minimum absolute atomic E-state index is 0.268. The van der Waals surface area contributed by atoms with Gasteiger partial charge in [0.15, 0.2) is 0 Å². The molecular formula is C19H15FIN3O2. The maximum atomic E-state index is 14.1. The fourth-order valence-corrected chi connectivity index (χ4v) is 2.82. The number of halogens is 2. The smallest absolute Gasteiger partial charge is 0.257 e. The third-order valence-electron chi connectivity index (χ3n) is 3.62. The van der Waals surface area contributed by atoms with Crippen molar-refractivity contribution in [3.05, 3.63) is 75.9 Å². The molecule has 0 aliphatic heterocycles. The summed E-state index contributed by atoms with van der Waals surface area (Å²) < 4.78 is 20.1. The van der Waals surface area contributed by atoms with Crippen LogP contribution in [-0.2, 0) is 0 Å². The monoisotopic (exact) mass is 463 g/mol. The van der Waals surface area contributed by atoms with Gasteiger partial charge in [-0.2, -0.15) is 0 Å². The number of carbonyl (C=O) groups is 1. The second-order valence-electron chi connectivity index (χ2n) is 5.32. The molecule has 0 bridgehead atoms. The standard InChI is InChI=1S/C19H15FIN3O2/c1-26-18-5-3-2-4-16(18)24-19(25)13-8-9-22-11-17(13)23-15-7-6-12(21)10-14(15)20/h2-11,23H,1H3,(H,24,25). The van der Waals surface area contributed by atoms with Crippen molar-refractivity contribution in [1.82, 2.24) is 4.98 Å². The number of amides is 1. The van der Waals surface area contributed by atoms with Crippen LogP contribution in [-0.4, -0.2) is 18.0 Å². The molecule has 2 aromatic carbocycles. The Kier molecular flexibility index (Phi) is 5.67. The number of benzene rings is 2. The van der Waals surface area contributed by atoms with E-state index in [-0.39, 0.29) is 11.6 Å². The first-order valence-corrected chi connectivity index (χ1v) is 8.77. The molecule has 3 aromatic rings. The number of ether oxygens (including phenoxy) is 1. The van der Waals surface area contributed by atoms with Crippen LogP contribution < -0.4 is 15.4 Å². The molecule has 0 atom stereocenters. The lowest BCUT2D eigenvalue weighted by Gasteiger charge is -2.14. The lowest BCUT2D eigenvalue weighted by atomic mass is 10.2. The zero-order valence-electron chi connectivity index (χ0n) is 13.8. The van der Waals surface area contributed by atoms with Crippen LogP contribution in [0, 0.1) is 9.39 Å². The Morgan fingerprint density at radius 1 is 1.12 bits per heavy atom. The number of nitrogens with zero attached hydrogens (tertiary/aromatic N) is 1. The van der Waals surface area contributed by atoms with Crippen LogP contribution in [0.25, 0.3) is 0 Å². The first-order chi connectivity index (χ1) is 12.6. The largest absolute Gasteiger partial charge is 0.495 e. The lowest BCUT2D eigenvalue weighted by Crippen LogP contribution is -2.15. The number of nitrogens with one attached hydrogen (secondary N) is 2. The number of methoxy groups -OCH3 is 1. The lowest BCUT2D eigenvalue weighted by molar-refractivity contribution is 0.102. The molecule has 3 rings (SSSR count). The van der Waals surface area contributed by atoms with Crippen LogP contribution >= 0.6 is 22.6 Å². The minimum Gasteiger partial charge on any atom is -0.495 e. The summed E-state index contributed by atoms with van der Waals surface area (Å²) in [5, 5.41) is 5.73. The molecule has 1 heterocycles. The Hall–Kier alpha value is -2.68. The van der Waals surface area contributed by atoms with Gasteiger partial charge in [0.2, 0.25) is 0 Å². The van der Waals surface area contributed by atoms with Gasteiger partial charge >= 0.3 is 0 Å². The van der Waals surface area contributed by atoms with Gasteiger partial charge in [0.05, 0.1) is 35.9 Å². The number of para-hydroxylation sites is 2.